The molecule has 1 saturated heterocycles. The molecule has 0 radical (unpaired) electrons. The summed E-state index contributed by atoms with van der Waals surface area (Å²) in [5, 5.41) is 19.9. The van der Waals surface area contributed by atoms with Crippen LogP contribution in [0.5, 0.6) is 0 Å². The minimum atomic E-state index is -0.469. The standard InChI is InChI=1S/C32H25N3O/c33-19-25(20-34)28(23-15-16-23)30-27-18-17-21-9-7-8-14-26(21)35(27)31(29(30)22-10-3-1-4-11-22)32(36)24-12-5-2-6-13-24/h1-14,17-18,23,27,29-31H,15-16H2/t27-,29-,30+,31-/m0/s1. The average molecular weight is 468 g/mol. The number of benzene rings is 3. The van der Waals surface area contributed by atoms with Crippen molar-refractivity contribution in [2.24, 2.45) is 11.8 Å². The third-order valence-corrected chi connectivity index (χ3v) is 7.80. The van der Waals surface area contributed by atoms with E-state index in [1.54, 1.807) is 0 Å². The molecular weight excluding hydrogens is 442 g/mol. The Labute approximate surface area is 211 Å². The molecule has 0 spiro atoms. The first-order chi connectivity index (χ1) is 17.7. The Balaban J connectivity index is 1.63. The van der Waals surface area contributed by atoms with Crippen LogP contribution in [0.3, 0.4) is 0 Å². The SMILES string of the molecule is N#CC(C#N)=C(C1CC1)[C@@H]1[C@H](c2ccccc2)[C@@H](C(=O)c2ccccc2)N2c3ccccc3C=C[C@@H]12. The molecule has 4 heteroatoms. The van der Waals surface area contributed by atoms with Crippen LogP contribution in [0, 0.1) is 34.5 Å². The Morgan fingerprint density at radius 1 is 0.833 bits per heavy atom. The van der Waals surface area contributed by atoms with Gasteiger partial charge in [-0.1, -0.05) is 91.0 Å². The highest BCUT2D eigenvalue weighted by molar-refractivity contribution is 6.04. The second kappa shape index (κ2) is 8.99. The van der Waals surface area contributed by atoms with Crippen molar-refractivity contribution in [2.75, 3.05) is 4.90 Å². The number of carbonyl (C=O) groups excluding carboxylic acids is 1. The lowest BCUT2D eigenvalue weighted by molar-refractivity contribution is 0.0952. The normalized spacial score (nSPS) is 23.7. The van der Waals surface area contributed by atoms with Gasteiger partial charge in [-0.15, -0.1) is 0 Å². The number of nitrogens with zero attached hydrogens (tertiary/aromatic N) is 3. The minimum absolute atomic E-state index is 0.0627. The molecule has 6 rings (SSSR count). The van der Waals surface area contributed by atoms with Crippen molar-refractivity contribution in [3.8, 4) is 12.1 Å². The molecule has 36 heavy (non-hydrogen) atoms. The molecule has 0 aromatic heterocycles. The molecule has 2 aliphatic heterocycles. The Bertz CT molecular complexity index is 1440. The molecule has 0 amide bonds. The number of hydrogen-bond acceptors (Lipinski definition) is 4. The molecule has 2 heterocycles. The van der Waals surface area contributed by atoms with Gasteiger partial charge in [-0.2, -0.15) is 10.5 Å². The first kappa shape index (κ1) is 22.1. The number of nitriles is 2. The van der Waals surface area contributed by atoms with Crippen LogP contribution in [-0.2, 0) is 0 Å². The van der Waals surface area contributed by atoms with Crippen LogP contribution >= 0.6 is 0 Å². The Kier molecular flexibility index (Phi) is 5.51. The minimum Gasteiger partial charge on any atom is -0.353 e. The Morgan fingerprint density at radius 2 is 1.47 bits per heavy atom. The predicted molar refractivity (Wildman–Crippen MR) is 140 cm³/mol. The van der Waals surface area contributed by atoms with Crippen molar-refractivity contribution in [3.63, 3.8) is 0 Å². The van der Waals surface area contributed by atoms with E-state index in [2.05, 4.69) is 53.5 Å². The van der Waals surface area contributed by atoms with Crippen LogP contribution in [0.2, 0.25) is 0 Å². The van der Waals surface area contributed by atoms with E-state index in [1.165, 1.54) is 0 Å². The molecule has 3 aliphatic rings. The Hall–Kier alpha value is -4.41. The van der Waals surface area contributed by atoms with Crippen molar-refractivity contribution in [3.05, 3.63) is 119 Å². The number of fused-ring (bicyclic) bond motifs is 3. The molecule has 0 unspecified atom stereocenters. The quantitative estimate of drug-likeness (QED) is 0.326. The van der Waals surface area contributed by atoms with Crippen LogP contribution in [-0.4, -0.2) is 17.9 Å². The lowest BCUT2D eigenvalue weighted by Crippen LogP contribution is -2.43. The zero-order chi connectivity index (χ0) is 24.6. The van der Waals surface area contributed by atoms with Gasteiger partial charge in [0.2, 0.25) is 0 Å². The van der Waals surface area contributed by atoms with Crippen molar-refractivity contribution in [1.82, 2.24) is 0 Å². The van der Waals surface area contributed by atoms with Gasteiger partial charge in [0, 0.05) is 23.1 Å². The van der Waals surface area contributed by atoms with Crippen LogP contribution in [0.15, 0.2) is 102 Å². The third kappa shape index (κ3) is 3.55. The average Bonchev–Trinajstić information content (AvgIpc) is 3.72. The number of hydrogen-bond donors (Lipinski definition) is 0. The maximum Gasteiger partial charge on any atom is 0.185 e. The molecule has 2 fully saturated rings. The molecule has 3 aromatic rings. The van der Waals surface area contributed by atoms with E-state index in [0.717, 1.165) is 35.2 Å². The van der Waals surface area contributed by atoms with Gasteiger partial charge in [0.05, 0.1) is 6.04 Å². The number of anilines is 1. The highest BCUT2D eigenvalue weighted by atomic mass is 16.1. The fraction of sp³-hybridized carbons (Fsp3) is 0.219. The van der Waals surface area contributed by atoms with Crippen molar-refractivity contribution < 1.29 is 4.79 Å². The van der Waals surface area contributed by atoms with Gasteiger partial charge in [0.25, 0.3) is 0 Å². The van der Waals surface area contributed by atoms with E-state index in [0.29, 0.717) is 5.56 Å². The number of carbonyl (C=O) groups is 1. The second-order valence-corrected chi connectivity index (χ2v) is 9.78. The highest BCUT2D eigenvalue weighted by Gasteiger charge is 2.56. The second-order valence-electron chi connectivity index (χ2n) is 9.78. The first-order valence-electron chi connectivity index (χ1n) is 12.5. The lowest BCUT2D eigenvalue weighted by Gasteiger charge is -2.36. The summed E-state index contributed by atoms with van der Waals surface area (Å²) in [5.74, 6) is -0.0790. The zero-order valence-corrected chi connectivity index (χ0v) is 19.8. The summed E-state index contributed by atoms with van der Waals surface area (Å²) in [6, 6.07) is 31.6. The molecule has 174 valence electrons. The third-order valence-electron chi connectivity index (χ3n) is 7.80. The lowest BCUT2D eigenvalue weighted by atomic mass is 9.73. The summed E-state index contributed by atoms with van der Waals surface area (Å²) in [6.07, 6.45) is 6.26. The van der Waals surface area contributed by atoms with Crippen LogP contribution < -0.4 is 4.90 Å². The first-order valence-corrected chi connectivity index (χ1v) is 12.5. The van der Waals surface area contributed by atoms with E-state index < -0.39 is 6.04 Å². The van der Waals surface area contributed by atoms with E-state index >= 15 is 0 Å². The number of para-hydroxylation sites is 1. The number of rotatable bonds is 5. The Morgan fingerprint density at radius 3 is 2.14 bits per heavy atom. The molecule has 3 aromatic carbocycles. The summed E-state index contributed by atoms with van der Waals surface area (Å²) in [4.78, 5) is 16.6. The van der Waals surface area contributed by atoms with Crippen LogP contribution in [0.1, 0.15) is 40.2 Å². The molecule has 4 atom stereocenters. The molecule has 4 nitrogen and oxygen atoms in total. The van der Waals surface area contributed by atoms with Crippen LogP contribution in [0.4, 0.5) is 5.69 Å². The predicted octanol–water partition coefficient (Wildman–Crippen LogP) is 6.31. The highest BCUT2D eigenvalue weighted by Crippen LogP contribution is 2.56. The van der Waals surface area contributed by atoms with Crippen LogP contribution in [0.25, 0.3) is 6.08 Å². The van der Waals surface area contributed by atoms with Gasteiger partial charge >= 0.3 is 0 Å². The van der Waals surface area contributed by atoms with Crippen molar-refractivity contribution >= 4 is 17.5 Å². The topological polar surface area (TPSA) is 67.9 Å². The van der Waals surface area contributed by atoms with Gasteiger partial charge in [-0.3, -0.25) is 4.79 Å². The van der Waals surface area contributed by atoms with Gasteiger partial charge in [-0.25, -0.2) is 0 Å². The van der Waals surface area contributed by atoms with E-state index in [-0.39, 0.29) is 35.2 Å². The van der Waals surface area contributed by atoms with E-state index in [9.17, 15) is 15.3 Å². The smallest absolute Gasteiger partial charge is 0.185 e. The fourth-order valence-corrected chi connectivity index (χ4v) is 6.23. The van der Waals surface area contributed by atoms with Gasteiger partial charge in [0.15, 0.2) is 5.78 Å². The molecule has 0 bridgehead atoms. The van der Waals surface area contributed by atoms with Gasteiger partial charge in [0.1, 0.15) is 23.8 Å². The number of allylic oxidation sites excluding steroid dienone is 1. The molecule has 1 aliphatic carbocycles. The van der Waals surface area contributed by atoms with E-state index in [1.807, 2.05) is 60.7 Å². The molecule has 0 N–H and O–H groups in total. The van der Waals surface area contributed by atoms with E-state index in [4.69, 9.17) is 0 Å². The zero-order valence-electron chi connectivity index (χ0n) is 19.8. The summed E-state index contributed by atoms with van der Waals surface area (Å²) in [7, 11) is 0. The summed E-state index contributed by atoms with van der Waals surface area (Å²) < 4.78 is 0. The maximum atomic E-state index is 14.3. The summed E-state index contributed by atoms with van der Waals surface area (Å²) in [5.41, 5.74) is 4.97. The monoisotopic (exact) mass is 467 g/mol. The molecule has 1 saturated carbocycles. The largest absolute Gasteiger partial charge is 0.353 e. The van der Waals surface area contributed by atoms with Crippen molar-refractivity contribution in [2.45, 2.75) is 30.8 Å². The number of Topliss-reactive ketones (excluding diaryl/α,β-unsaturated/α-hetero) is 1. The number of ketones is 1. The molecular formula is C32H25N3O. The summed E-state index contributed by atoms with van der Waals surface area (Å²) in [6.45, 7) is 0. The van der Waals surface area contributed by atoms with Gasteiger partial charge < -0.3 is 4.90 Å². The maximum absolute atomic E-state index is 14.3. The van der Waals surface area contributed by atoms with Crippen molar-refractivity contribution in [1.29, 1.82) is 10.5 Å². The summed E-state index contributed by atoms with van der Waals surface area (Å²) >= 11 is 0. The van der Waals surface area contributed by atoms with Gasteiger partial charge in [-0.05, 0) is 41.5 Å². The fourth-order valence-electron chi connectivity index (χ4n) is 6.23.